The molecule has 120 valence electrons. The van der Waals surface area contributed by atoms with Crippen molar-refractivity contribution in [3.8, 4) is 17.2 Å². The second-order valence-corrected chi connectivity index (χ2v) is 5.16. The molecular weight excluding hydrogens is 284 g/mol. The first-order chi connectivity index (χ1) is 10.7. The predicted octanol–water partition coefficient (Wildman–Crippen LogP) is 3.23. The van der Waals surface area contributed by atoms with Crippen LogP contribution in [-0.4, -0.2) is 33.9 Å². The van der Waals surface area contributed by atoms with Crippen LogP contribution in [0.3, 0.4) is 0 Å². The van der Waals surface area contributed by atoms with Crippen LogP contribution in [0.4, 0.5) is 0 Å². The second-order valence-electron chi connectivity index (χ2n) is 5.16. The van der Waals surface area contributed by atoms with Crippen LogP contribution in [0.5, 0.6) is 17.2 Å². The average Bonchev–Trinajstić information content (AvgIpc) is 2.59. The Bertz CT molecular complexity index is 525. The third-order valence-electron chi connectivity index (χ3n) is 3.73. The molecule has 0 aromatic heterocycles. The van der Waals surface area contributed by atoms with E-state index in [0.717, 1.165) is 19.3 Å². The molecule has 2 rings (SSSR count). The lowest BCUT2D eigenvalue weighted by molar-refractivity contribution is 0.0431. The fourth-order valence-electron chi connectivity index (χ4n) is 2.48. The predicted molar refractivity (Wildman–Crippen MR) is 82.9 cm³/mol. The van der Waals surface area contributed by atoms with Crippen LogP contribution in [0.2, 0.25) is 0 Å². The number of carbonyl (C=O) groups excluding carboxylic acids is 1. The molecule has 0 N–H and O–H groups in total. The van der Waals surface area contributed by atoms with Gasteiger partial charge in [-0.2, -0.15) is 0 Å². The normalized spacial score (nSPS) is 17.0. The summed E-state index contributed by atoms with van der Waals surface area (Å²) in [5.41, 5.74) is 0.390. The minimum atomic E-state index is -0.381. The van der Waals surface area contributed by atoms with Gasteiger partial charge in [-0.3, -0.25) is 0 Å². The number of hydrogen-bond acceptors (Lipinski definition) is 5. The molecule has 0 bridgehead atoms. The number of hydrogen-bond donors (Lipinski definition) is 0. The van der Waals surface area contributed by atoms with Crippen molar-refractivity contribution in [3.05, 3.63) is 29.8 Å². The number of rotatable bonds is 6. The van der Waals surface area contributed by atoms with Gasteiger partial charge in [-0.05, 0) is 37.3 Å². The van der Waals surface area contributed by atoms with Crippen molar-refractivity contribution in [1.82, 2.24) is 0 Å². The van der Waals surface area contributed by atoms with Crippen molar-refractivity contribution in [2.75, 3.05) is 27.9 Å². The summed E-state index contributed by atoms with van der Waals surface area (Å²) in [5, 5.41) is 0. The van der Waals surface area contributed by atoms with Gasteiger partial charge in [0.15, 0.2) is 11.5 Å². The number of esters is 1. The van der Waals surface area contributed by atoms with Crippen molar-refractivity contribution in [3.63, 3.8) is 0 Å². The van der Waals surface area contributed by atoms with Gasteiger partial charge in [-0.15, -0.1) is 0 Å². The Labute approximate surface area is 130 Å². The topological polar surface area (TPSA) is 54.0 Å². The van der Waals surface area contributed by atoms with Crippen LogP contribution in [0.15, 0.2) is 24.3 Å². The molecule has 1 aliphatic carbocycles. The summed E-state index contributed by atoms with van der Waals surface area (Å²) < 4.78 is 21.1. The molecular formula is C17H22O5. The number of ether oxygens (including phenoxy) is 4. The second kappa shape index (κ2) is 7.73. The van der Waals surface area contributed by atoms with Crippen molar-refractivity contribution in [2.24, 2.45) is 5.92 Å². The van der Waals surface area contributed by atoms with Crippen molar-refractivity contribution in [1.29, 1.82) is 0 Å². The molecule has 0 saturated heterocycles. The molecule has 1 aromatic carbocycles. The highest BCUT2D eigenvalue weighted by Gasteiger charge is 2.19. The van der Waals surface area contributed by atoms with Gasteiger partial charge in [-0.1, -0.05) is 12.2 Å². The highest BCUT2D eigenvalue weighted by molar-refractivity contribution is 5.91. The van der Waals surface area contributed by atoms with E-state index in [1.54, 1.807) is 12.1 Å². The molecule has 1 aromatic rings. The van der Waals surface area contributed by atoms with E-state index in [1.165, 1.54) is 21.3 Å². The van der Waals surface area contributed by atoms with E-state index in [9.17, 15) is 4.79 Å². The lowest BCUT2D eigenvalue weighted by atomic mass is 9.95. The molecule has 0 amide bonds. The van der Waals surface area contributed by atoms with Gasteiger partial charge in [0.1, 0.15) is 0 Å². The van der Waals surface area contributed by atoms with Crippen LogP contribution in [-0.2, 0) is 4.74 Å². The van der Waals surface area contributed by atoms with Gasteiger partial charge in [0, 0.05) is 0 Å². The maximum atomic E-state index is 12.2. The standard InChI is InChI=1S/C17H22O5/c1-19-14-9-13(10-15(20-2)16(14)21-3)17(18)22-11-12-7-5-4-6-8-12/h4-5,9-10,12H,6-8,11H2,1-3H3/t12-/m0/s1. The molecule has 0 spiro atoms. The molecule has 22 heavy (non-hydrogen) atoms. The first-order valence-corrected chi connectivity index (χ1v) is 7.31. The first-order valence-electron chi connectivity index (χ1n) is 7.31. The Kier molecular flexibility index (Phi) is 5.69. The van der Waals surface area contributed by atoms with Crippen LogP contribution in [0, 0.1) is 5.92 Å². The number of benzene rings is 1. The SMILES string of the molecule is COc1cc(C(=O)OC[C@H]2CC=CCC2)cc(OC)c1OC. The molecule has 1 atom stereocenters. The molecule has 0 radical (unpaired) electrons. The van der Waals surface area contributed by atoms with Gasteiger partial charge < -0.3 is 18.9 Å². The summed E-state index contributed by atoms with van der Waals surface area (Å²) in [6, 6.07) is 3.20. The minimum Gasteiger partial charge on any atom is -0.493 e. The van der Waals surface area contributed by atoms with Crippen LogP contribution in [0.25, 0.3) is 0 Å². The lowest BCUT2D eigenvalue weighted by Gasteiger charge is -2.18. The molecule has 0 unspecified atom stereocenters. The summed E-state index contributed by atoms with van der Waals surface area (Å²) >= 11 is 0. The van der Waals surface area contributed by atoms with E-state index < -0.39 is 0 Å². The summed E-state index contributed by atoms with van der Waals surface area (Å²) in [6.07, 6.45) is 7.37. The number of allylic oxidation sites excluding steroid dienone is 2. The van der Waals surface area contributed by atoms with Gasteiger partial charge in [-0.25, -0.2) is 4.79 Å². The van der Waals surface area contributed by atoms with E-state index >= 15 is 0 Å². The summed E-state index contributed by atoms with van der Waals surface area (Å²) in [6.45, 7) is 0.430. The molecule has 0 heterocycles. The van der Waals surface area contributed by atoms with E-state index in [2.05, 4.69) is 12.2 Å². The smallest absolute Gasteiger partial charge is 0.338 e. The third kappa shape index (κ3) is 3.72. The average molecular weight is 306 g/mol. The number of methoxy groups -OCH3 is 3. The number of carbonyl (C=O) groups is 1. The minimum absolute atomic E-state index is 0.381. The van der Waals surface area contributed by atoms with E-state index in [4.69, 9.17) is 18.9 Å². The van der Waals surface area contributed by atoms with Crippen molar-refractivity contribution < 1.29 is 23.7 Å². The largest absolute Gasteiger partial charge is 0.493 e. The molecule has 0 aliphatic heterocycles. The maximum absolute atomic E-state index is 12.2. The monoisotopic (exact) mass is 306 g/mol. The van der Waals surface area contributed by atoms with Crippen LogP contribution < -0.4 is 14.2 Å². The molecule has 0 fully saturated rings. The fourth-order valence-corrected chi connectivity index (χ4v) is 2.48. The molecule has 5 heteroatoms. The van der Waals surface area contributed by atoms with Gasteiger partial charge >= 0.3 is 5.97 Å². The Balaban J connectivity index is 2.09. The Hall–Kier alpha value is -2.17. The Morgan fingerprint density at radius 1 is 1.09 bits per heavy atom. The molecule has 1 aliphatic rings. The molecule has 5 nitrogen and oxygen atoms in total. The fraction of sp³-hybridized carbons (Fsp3) is 0.471. The van der Waals surface area contributed by atoms with Crippen LogP contribution in [0.1, 0.15) is 29.6 Å². The summed E-state index contributed by atoms with van der Waals surface area (Å²) in [4.78, 5) is 12.2. The first kappa shape index (κ1) is 16.2. The summed E-state index contributed by atoms with van der Waals surface area (Å²) in [5.74, 6) is 1.35. The summed E-state index contributed by atoms with van der Waals surface area (Å²) in [7, 11) is 4.55. The van der Waals surface area contributed by atoms with Gasteiger partial charge in [0.25, 0.3) is 0 Å². The van der Waals surface area contributed by atoms with Crippen molar-refractivity contribution >= 4 is 5.97 Å². The van der Waals surface area contributed by atoms with Crippen LogP contribution >= 0.6 is 0 Å². The van der Waals surface area contributed by atoms with Gasteiger partial charge in [0.2, 0.25) is 5.75 Å². The van der Waals surface area contributed by atoms with E-state index in [-0.39, 0.29) is 5.97 Å². The quantitative estimate of drug-likeness (QED) is 0.596. The zero-order valence-electron chi connectivity index (χ0n) is 13.3. The van der Waals surface area contributed by atoms with E-state index in [0.29, 0.717) is 35.3 Å². The third-order valence-corrected chi connectivity index (χ3v) is 3.73. The van der Waals surface area contributed by atoms with Crippen molar-refractivity contribution in [2.45, 2.75) is 19.3 Å². The van der Waals surface area contributed by atoms with E-state index in [1.807, 2.05) is 0 Å². The zero-order chi connectivity index (χ0) is 15.9. The maximum Gasteiger partial charge on any atom is 0.338 e. The lowest BCUT2D eigenvalue weighted by Crippen LogP contribution is -2.15. The zero-order valence-corrected chi connectivity index (χ0v) is 13.3. The molecule has 0 saturated carbocycles. The highest BCUT2D eigenvalue weighted by atomic mass is 16.5. The Morgan fingerprint density at radius 3 is 2.27 bits per heavy atom. The van der Waals surface area contributed by atoms with Gasteiger partial charge in [0.05, 0.1) is 33.5 Å². The Morgan fingerprint density at radius 2 is 1.77 bits per heavy atom. The highest BCUT2D eigenvalue weighted by Crippen LogP contribution is 2.38.